The predicted octanol–water partition coefficient (Wildman–Crippen LogP) is 3.90. The van der Waals surface area contributed by atoms with Crippen LogP contribution in [0.1, 0.15) is 52.9 Å². The Morgan fingerprint density at radius 3 is 2.54 bits per heavy atom. The Balaban J connectivity index is 1.76. The van der Waals surface area contributed by atoms with Crippen molar-refractivity contribution in [2.24, 2.45) is 17.8 Å². The first-order valence-electron chi connectivity index (χ1n) is 14.6. The highest BCUT2D eigenvalue weighted by atomic mass is 16.6. The van der Waals surface area contributed by atoms with Gasteiger partial charge in [0.1, 0.15) is 23.3 Å². The zero-order valence-electron chi connectivity index (χ0n) is 24.7. The van der Waals surface area contributed by atoms with Crippen LogP contribution in [0, 0.1) is 17.8 Å². The predicted molar refractivity (Wildman–Crippen MR) is 155 cm³/mol. The molecule has 7 atom stereocenters. The summed E-state index contributed by atoms with van der Waals surface area (Å²) in [7, 11) is 1.57. The number of allylic oxidation sites excluding steroid dienone is 1. The van der Waals surface area contributed by atoms with Crippen LogP contribution in [0.4, 0.5) is 5.69 Å². The van der Waals surface area contributed by atoms with Crippen LogP contribution in [0.25, 0.3) is 0 Å². The summed E-state index contributed by atoms with van der Waals surface area (Å²) in [5.41, 5.74) is -1.58. The topological polar surface area (TPSA) is 106 Å². The van der Waals surface area contributed by atoms with Crippen molar-refractivity contribution in [2.75, 3.05) is 31.8 Å². The van der Waals surface area contributed by atoms with Crippen LogP contribution in [0.15, 0.2) is 49.6 Å². The molecule has 3 unspecified atom stereocenters. The number of benzene rings is 1. The van der Waals surface area contributed by atoms with Crippen LogP contribution in [-0.2, 0) is 23.9 Å². The highest BCUT2D eigenvalue weighted by molar-refractivity contribution is 6.05. The molecule has 4 rings (SSSR count). The van der Waals surface area contributed by atoms with E-state index in [1.54, 1.807) is 42.4 Å². The SMILES string of the molecule is C=CCCCCOC(=O)[C@@H]1[C@H]2C(=O)N([C@@H](CC)CO)C(C(=O)N(CC=C)c3ccc(OC)cc3)C23CC(C)[C@@]1(C)O3. The second-order valence-corrected chi connectivity index (χ2v) is 11.6. The van der Waals surface area contributed by atoms with E-state index in [2.05, 4.69) is 13.2 Å². The van der Waals surface area contributed by atoms with Crippen LogP contribution >= 0.6 is 0 Å². The van der Waals surface area contributed by atoms with Gasteiger partial charge in [-0.2, -0.15) is 0 Å². The summed E-state index contributed by atoms with van der Waals surface area (Å²) in [5, 5.41) is 10.3. The lowest BCUT2D eigenvalue weighted by Gasteiger charge is -2.39. The second-order valence-electron chi connectivity index (χ2n) is 11.6. The van der Waals surface area contributed by atoms with Gasteiger partial charge in [0.2, 0.25) is 5.91 Å². The van der Waals surface area contributed by atoms with E-state index in [1.807, 2.05) is 26.8 Å². The third-order valence-electron chi connectivity index (χ3n) is 9.32. The van der Waals surface area contributed by atoms with Gasteiger partial charge < -0.3 is 29.1 Å². The van der Waals surface area contributed by atoms with Crippen molar-refractivity contribution in [2.45, 2.75) is 76.2 Å². The molecule has 2 amide bonds. The molecule has 0 aliphatic carbocycles. The molecule has 9 nitrogen and oxygen atoms in total. The van der Waals surface area contributed by atoms with E-state index < -0.39 is 41.1 Å². The van der Waals surface area contributed by atoms with Gasteiger partial charge in [0.05, 0.1) is 37.9 Å². The molecule has 3 saturated heterocycles. The molecule has 1 aromatic carbocycles. The number of amides is 2. The monoisotopic (exact) mass is 568 g/mol. The minimum Gasteiger partial charge on any atom is -0.497 e. The van der Waals surface area contributed by atoms with E-state index in [-0.39, 0.29) is 37.5 Å². The maximum Gasteiger partial charge on any atom is 0.312 e. The molecule has 2 bridgehead atoms. The fraction of sp³-hybridized carbons (Fsp3) is 0.594. The molecule has 3 aliphatic rings. The molecular formula is C32H44N2O7. The molecule has 224 valence electrons. The lowest BCUT2D eigenvalue weighted by Crippen LogP contribution is -2.59. The molecule has 1 N–H and O–H groups in total. The number of carbonyl (C=O) groups excluding carboxylic acids is 3. The van der Waals surface area contributed by atoms with E-state index in [0.29, 0.717) is 30.7 Å². The average molecular weight is 569 g/mol. The van der Waals surface area contributed by atoms with Gasteiger partial charge in [-0.1, -0.05) is 26.0 Å². The maximum atomic E-state index is 14.6. The molecule has 3 heterocycles. The highest BCUT2D eigenvalue weighted by Gasteiger charge is 2.80. The third kappa shape index (κ3) is 5.07. The van der Waals surface area contributed by atoms with Crippen LogP contribution in [0.3, 0.4) is 0 Å². The van der Waals surface area contributed by atoms with Crippen molar-refractivity contribution in [3.05, 3.63) is 49.6 Å². The number of unbranched alkanes of at least 4 members (excludes halogenated alkanes) is 2. The van der Waals surface area contributed by atoms with Gasteiger partial charge in [0.15, 0.2) is 0 Å². The number of hydrogen-bond acceptors (Lipinski definition) is 7. The lowest BCUT2D eigenvalue weighted by molar-refractivity contribution is -0.162. The molecule has 41 heavy (non-hydrogen) atoms. The standard InChI is InChI=1S/C32H44N2O7/c1-7-10-11-12-18-40-30(38)26-25-28(36)34(22(9-3)20-35)27(32(25)19-21(4)31(26,5)41-32)29(37)33(17-8-2)23-13-15-24(39-6)16-14-23/h7-8,13-16,21-22,25-27,35H,1-2,9-12,17-20H2,3-6H3/t21?,22-,25-,26-,27?,31+,32?/m0/s1. The molecule has 0 aromatic heterocycles. The largest absolute Gasteiger partial charge is 0.497 e. The Morgan fingerprint density at radius 2 is 1.95 bits per heavy atom. The molecular weight excluding hydrogens is 524 g/mol. The van der Waals surface area contributed by atoms with E-state index in [0.717, 1.165) is 12.8 Å². The summed E-state index contributed by atoms with van der Waals surface area (Å²) in [4.78, 5) is 45.7. The van der Waals surface area contributed by atoms with Crippen LogP contribution < -0.4 is 9.64 Å². The number of esters is 1. The quantitative estimate of drug-likeness (QED) is 0.206. The Bertz CT molecular complexity index is 1150. The molecule has 0 radical (unpaired) electrons. The number of aliphatic hydroxyl groups excluding tert-OH is 1. The van der Waals surface area contributed by atoms with Crippen LogP contribution in [-0.4, -0.2) is 77.9 Å². The third-order valence-corrected chi connectivity index (χ3v) is 9.32. The van der Waals surface area contributed by atoms with Crippen molar-refractivity contribution in [1.29, 1.82) is 0 Å². The zero-order chi connectivity index (χ0) is 29.9. The number of aliphatic hydroxyl groups is 1. The second kappa shape index (κ2) is 12.4. The molecule has 0 saturated carbocycles. The van der Waals surface area contributed by atoms with Crippen molar-refractivity contribution >= 4 is 23.5 Å². The number of nitrogens with zero attached hydrogens (tertiary/aromatic N) is 2. The first-order valence-corrected chi connectivity index (χ1v) is 14.6. The Hall–Kier alpha value is -3.17. The van der Waals surface area contributed by atoms with Crippen LogP contribution in [0.2, 0.25) is 0 Å². The zero-order valence-corrected chi connectivity index (χ0v) is 24.7. The number of methoxy groups -OCH3 is 1. The summed E-state index contributed by atoms with van der Waals surface area (Å²) in [5.74, 6) is -2.37. The van der Waals surface area contributed by atoms with Gasteiger partial charge in [-0.15, -0.1) is 13.2 Å². The smallest absolute Gasteiger partial charge is 0.312 e. The Morgan fingerprint density at radius 1 is 1.24 bits per heavy atom. The molecule has 3 fully saturated rings. The lowest BCUT2D eigenvalue weighted by atomic mass is 9.62. The number of likely N-dealkylation sites (tertiary alicyclic amines) is 1. The van der Waals surface area contributed by atoms with E-state index in [1.165, 1.54) is 4.90 Å². The summed E-state index contributed by atoms with van der Waals surface area (Å²) >= 11 is 0. The van der Waals surface area contributed by atoms with Crippen molar-refractivity contribution in [1.82, 2.24) is 4.90 Å². The summed E-state index contributed by atoms with van der Waals surface area (Å²) in [6.07, 6.45) is 6.69. The first kappa shape index (κ1) is 30.8. The minimum atomic E-state index is -1.23. The Labute approximate surface area is 243 Å². The molecule has 9 heteroatoms. The number of anilines is 1. The van der Waals surface area contributed by atoms with E-state index in [9.17, 15) is 19.5 Å². The number of rotatable bonds is 14. The van der Waals surface area contributed by atoms with Gasteiger partial charge in [-0.3, -0.25) is 14.4 Å². The van der Waals surface area contributed by atoms with E-state index in [4.69, 9.17) is 14.2 Å². The number of fused-ring (bicyclic) bond motifs is 1. The van der Waals surface area contributed by atoms with Crippen molar-refractivity contribution in [3.63, 3.8) is 0 Å². The average Bonchev–Trinajstić information content (AvgIpc) is 3.48. The summed E-state index contributed by atoms with van der Waals surface area (Å²) in [6.45, 7) is 13.4. The first-order chi connectivity index (χ1) is 19.6. The fourth-order valence-corrected chi connectivity index (χ4v) is 7.14. The summed E-state index contributed by atoms with van der Waals surface area (Å²) in [6, 6.07) is 5.45. The minimum absolute atomic E-state index is 0.108. The Kier molecular flexibility index (Phi) is 9.29. The van der Waals surface area contributed by atoms with Gasteiger partial charge in [-0.25, -0.2) is 0 Å². The molecule has 1 spiro atoms. The van der Waals surface area contributed by atoms with Gasteiger partial charge in [0.25, 0.3) is 5.91 Å². The van der Waals surface area contributed by atoms with Gasteiger partial charge >= 0.3 is 5.97 Å². The van der Waals surface area contributed by atoms with Crippen LogP contribution in [0.5, 0.6) is 5.75 Å². The molecule has 1 aromatic rings. The number of hydrogen-bond donors (Lipinski definition) is 1. The number of ether oxygens (including phenoxy) is 3. The maximum absolute atomic E-state index is 14.6. The van der Waals surface area contributed by atoms with Crippen molar-refractivity contribution in [3.8, 4) is 5.75 Å². The number of carbonyl (C=O) groups is 3. The van der Waals surface area contributed by atoms with Gasteiger partial charge in [0, 0.05) is 12.2 Å². The highest BCUT2D eigenvalue weighted by Crippen LogP contribution is 2.65. The summed E-state index contributed by atoms with van der Waals surface area (Å²) < 4.78 is 17.8. The normalized spacial score (nSPS) is 30.6. The molecule has 3 aliphatic heterocycles. The van der Waals surface area contributed by atoms with Gasteiger partial charge in [-0.05, 0) is 69.2 Å². The van der Waals surface area contributed by atoms with E-state index >= 15 is 0 Å². The fourth-order valence-electron chi connectivity index (χ4n) is 7.14. The van der Waals surface area contributed by atoms with Crippen molar-refractivity contribution < 1.29 is 33.7 Å².